The Bertz CT molecular complexity index is 182. The van der Waals surface area contributed by atoms with Crippen LogP contribution in [0.4, 0.5) is 0 Å². The number of rotatable bonds is 13. The standard InChI is InChI=1S/C17H34O/c1-4-7-8-9-10-11-12-13-14-15-17(18)16(5-2)6-3/h16H,4-15H2,1-3H3. The van der Waals surface area contributed by atoms with Crippen LogP contribution in [0.5, 0.6) is 0 Å². The fourth-order valence-corrected chi connectivity index (χ4v) is 2.56. The van der Waals surface area contributed by atoms with Crippen LogP contribution in [0.1, 0.15) is 97.8 Å². The fraction of sp³-hybridized carbons (Fsp3) is 0.941. The molecule has 108 valence electrons. The van der Waals surface area contributed by atoms with Crippen molar-refractivity contribution >= 4 is 5.78 Å². The van der Waals surface area contributed by atoms with E-state index in [4.69, 9.17) is 0 Å². The van der Waals surface area contributed by atoms with Gasteiger partial charge in [-0.2, -0.15) is 0 Å². The third-order valence-corrected chi connectivity index (χ3v) is 3.97. The van der Waals surface area contributed by atoms with E-state index in [1.165, 1.54) is 51.4 Å². The van der Waals surface area contributed by atoms with Gasteiger partial charge in [-0.15, -0.1) is 0 Å². The summed E-state index contributed by atoms with van der Waals surface area (Å²) in [6.07, 6.45) is 14.8. The molecule has 0 rings (SSSR count). The average Bonchev–Trinajstić information content (AvgIpc) is 2.38. The summed E-state index contributed by atoms with van der Waals surface area (Å²) in [4.78, 5) is 11.8. The number of ketones is 1. The van der Waals surface area contributed by atoms with E-state index < -0.39 is 0 Å². The minimum atomic E-state index is 0.332. The molecule has 0 aliphatic heterocycles. The monoisotopic (exact) mass is 254 g/mol. The lowest BCUT2D eigenvalue weighted by molar-refractivity contribution is -0.123. The van der Waals surface area contributed by atoms with Gasteiger partial charge in [0.25, 0.3) is 0 Å². The van der Waals surface area contributed by atoms with Crippen LogP contribution in [0.3, 0.4) is 0 Å². The number of carbonyl (C=O) groups is 1. The molecule has 0 unspecified atom stereocenters. The van der Waals surface area contributed by atoms with Gasteiger partial charge in [-0.1, -0.05) is 72.1 Å². The summed E-state index contributed by atoms with van der Waals surface area (Å²) in [6, 6.07) is 0. The molecule has 0 aliphatic rings. The van der Waals surface area contributed by atoms with Gasteiger partial charge in [0.2, 0.25) is 0 Å². The summed E-state index contributed by atoms with van der Waals surface area (Å²) in [5, 5.41) is 0. The Hall–Kier alpha value is -0.330. The van der Waals surface area contributed by atoms with Crippen molar-refractivity contribution in [3.05, 3.63) is 0 Å². The van der Waals surface area contributed by atoms with Crippen LogP contribution in [0.2, 0.25) is 0 Å². The Morgan fingerprint density at radius 1 is 0.722 bits per heavy atom. The molecule has 0 bridgehead atoms. The molecule has 0 aromatic carbocycles. The van der Waals surface area contributed by atoms with E-state index in [9.17, 15) is 4.79 Å². The first kappa shape index (κ1) is 17.7. The molecule has 0 atom stereocenters. The molecule has 0 saturated carbocycles. The normalized spacial score (nSPS) is 11.1. The van der Waals surface area contributed by atoms with E-state index in [2.05, 4.69) is 20.8 Å². The van der Waals surface area contributed by atoms with E-state index in [1.807, 2.05) is 0 Å². The Labute approximate surface area is 115 Å². The summed E-state index contributed by atoms with van der Waals surface area (Å²) in [6.45, 7) is 6.52. The van der Waals surface area contributed by atoms with E-state index in [1.54, 1.807) is 0 Å². The van der Waals surface area contributed by atoms with E-state index in [0.717, 1.165) is 25.7 Å². The van der Waals surface area contributed by atoms with E-state index in [-0.39, 0.29) is 0 Å². The molecule has 0 N–H and O–H groups in total. The molecular formula is C17H34O. The lowest BCUT2D eigenvalue weighted by Gasteiger charge is -2.10. The minimum Gasteiger partial charge on any atom is -0.299 e. The molecule has 0 aromatic rings. The third kappa shape index (κ3) is 9.67. The van der Waals surface area contributed by atoms with Crippen molar-refractivity contribution in [2.75, 3.05) is 0 Å². The van der Waals surface area contributed by atoms with Crippen molar-refractivity contribution in [3.8, 4) is 0 Å². The molecule has 1 nitrogen and oxygen atoms in total. The Kier molecular flexibility index (Phi) is 12.9. The molecule has 1 heteroatoms. The Balaban J connectivity index is 3.27. The molecule has 0 amide bonds. The summed E-state index contributed by atoms with van der Waals surface area (Å²) in [7, 11) is 0. The molecule has 0 fully saturated rings. The second kappa shape index (κ2) is 13.1. The van der Waals surface area contributed by atoms with Gasteiger partial charge in [-0.25, -0.2) is 0 Å². The molecule has 0 radical (unpaired) electrons. The number of Topliss-reactive ketones (excluding diaryl/α,β-unsaturated/α-hetero) is 1. The minimum absolute atomic E-state index is 0.332. The highest BCUT2D eigenvalue weighted by Gasteiger charge is 2.12. The molecule has 18 heavy (non-hydrogen) atoms. The number of unbranched alkanes of at least 4 members (excludes halogenated alkanes) is 8. The number of hydrogen-bond donors (Lipinski definition) is 0. The van der Waals surface area contributed by atoms with Gasteiger partial charge < -0.3 is 0 Å². The Morgan fingerprint density at radius 3 is 1.61 bits per heavy atom. The maximum absolute atomic E-state index is 11.8. The van der Waals surface area contributed by atoms with Gasteiger partial charge in [-0.3, -0.25) is 4.79 Å². The lowest BCUT2D eigenvalue weighted by atomic mass is 9.94. The first-order chi connectivity index (χ1) is 8.76. The highest BCUT2D eigenvalue weighted by Crippen LogP contribution is 2.15. The van der Waals surface area contributed by atoms with Gasteiger partial charge in [0.15, 0.2) is 0 Å². The molecule has 0 heterocycles. The van der Waals surface area contributed by atoms with Crippen LogP contribution in [-0.4, -0.2) is 5.78 Å². The highest BCUT2D eigenvalue weighted by atomic mass is 16.1. The van der Waals surface area contributed by atoms with E-state index in [0.29, 0.717) is 11.7 Å². The lowest BCUT2D eigenvalue weighted by Crippen LogP contribution is -2.12. The SMILES string of the molecule is CCCCCCCCCCCC(=O)C(CC)CC. The second-order valence-corrected chi connectivity index (χ2v) is 5.56. The predicted molar refractivity (Wildman–Crippen MR) is 80.9 cm³/mol. The van der Waals surface area contributed by atoms with Crippen LogP contribution in [0.25, 0.3) is 0 Å². The topological polar surface area (TPSA) is 17.1 Å². The molecule has 0 aliphatic carbocycles. The third-order valence-electron chi connectivity index (χ3n) is 3.97. The summed E-state index contributed by atoms with van der Waals surface area (Å²) >= 11 is 0. The summed E-state index contributed by atoms with van der Waals surface area (Å²) in [5.41, 5.74) is 0. The van der Waals surface area contributed by atoms with Crippen LogP contribution >= 0.6 is 0 Å². The zero-order chi connectivity index (χ0) is 13.6. The van der Waals surface area contributed by atoms with Crippen LogP contribution in [-0.2, 0) is 4.79 Å². The average molecular weight is 254 g/mol. The summed E-state index contributed by atoms with van der Waals surface area (Å²) < 4.78 is 0. The molecule has 0 spiro atoms. The first-order valence-corrected chi connectivity index (χ1v) is 8.28. The fourth-order valence-electron chi connectivity index (χ4n) is 2.56. The second-order valence-electron chi connectivity index (χ2n) is 5.56. The zero-order valence-electron chi connectivity index (χ0n) is 13.0. The first-order valence-electron chi connectivity index (χ1n) is 8.28. The van der Waals surface area contributed by atoms with Crippen molar-refractivity contribution < 1.29 is 4.79 Å². The van der Waals surface area contributed by atoms with Crippen LogP contribution in [0, 0.1) is 5.92 Å². The van der Waals surface area contributed by atoms with Crippen molar-refractivity contribution in [1.29, 1.82) is 0 Å². The van der Waals surface area contributed by atoms with Crippen molar-refractivity contribution in [2.24, 2.45) is 5.92 Å². The van der Waals surface area contributed by atoms with Crippen molar-refractivity contribution in [2.45, 2.75) is 97.8 Å². The van der Waals surface area contributed by atoms with Crippen molar-refractivity contribution in [1.82, 2.24) is 0 Å². The predicted octanol–water partition coefficient (Wildman–Crippen LogP) is 5.91. The maximum Gasteiger partial charge on any atom is 0.135 e. The Morgan fingerprint density at radius 2 is 1.17 bits per heavy atom. The molecule has 0 saturated heterocycles. The van der Waals surface area contributed by atoms with Gasteiger partial charge in [0.05, 0.1) is 0 Å². The van der Waals surface area contributed by atoms with Gasteiger partial charge >= 0.3 is 0 Å². The molecular weight excluding hydrogens is 220 g/mol. The van der Waals surface area contributed by atoms with Gasteiger partial charge in [-0.05, 0) is 19.3 Å². The van der Waals surface area contributed by atoms with E-state index >= 15 is 0 Å². The smallest absolute Gasteiger partial charge is 0.135 e. The zero-order valence-corrected chi connectivity index (χ0v) is 13.0. The highest BCUT2D eigenvalue weighted by molar-refractivity contribution is 5.80. The largest absolute Gasteiger partial charge is 0.299 e. The molecule has 0 aromatic heterocycles. The van der Waals surface area contributed by atoms with Crippen LogP contribution in [0.15, 0.2) is 0 Å². The maximum atomic E-state index is 11.8. The quantitative estimate of drug-likeness (QED) is 0.373. The summed E-state index contributed by atoms with van der Waals surface area (Å²) in [5.74, 6) is 0.835. The van der Waals surface area contributed by atoms with Crippen LogP contribution < -0.4 is 0 Å². The number of hydrogen-bond acceptors (Lipinski definition) is 1. The van der Waals surface area contributed by atoms with Gasteiger partial charge in [0.1, 0.15) is 5.78 Å². The van der Waals surface area contributed by atoms with Crippen molar-refractivity contribution in [3.63, 3.8) is 0 Å². The van der Waals surface area contributed by atoms with Gasteiger partial charge in [0, 0.05) is 12.3 Å². The number of carbonyl (C=O) groups excluding carboxylic acids is 1.